The summed E-state index contributed by atoms with van der Waals surface area (Å²) in [6.45, 7) is 6.17. The second-order valence-electron chi connectivity index (χ2n) is 4.24. The molecule has 6 heteroatoms. The Balaban J connectivity index is 3.25. The first-order chi connectivity index (χ1) is 7.75. The van der Waals surface area contributed by atoms with Crippen LogP contribution < -0.4 is 16.2 Å². The SMILES string of the molecule is Cc1cc(S(N)(=O)=O)cc(NC(C)CN)c1C. The fourth-order valence-electron chi connectivity index (χ4n) is 1.46. The molecule has 0 saturated carbocycles. The summed E-state index contributed by atoms with van der Waals surface area (Å²) in [6.07, 6.45) is 0. The fraction of sp³-hybridized carbons (Fsp3) is 0.455. The highest BCUT2D eigenvalue weighted by Crippen LogP contribution is 2.23. The van der Waals surface area contributed by atoms with Crippen LogP contribution in [0, 0.1) is 13.8 Å². The molecule has 0 aromatic heterocycles. The number of anilines is 1. The van der Waals surface area contributed by atoms with Crippen molar-refractivity contribution in [2.45, 2.75) is 31.7 Å². The van der Waals surface area contributed by atoms with E-state index in [0.717, 1.165) is 16.8 Å². The van der Waals surface area contributed by atoms with E-state index in [-0.39, 0.29) is 10.9 Å². The molecule has 0 aliphatic rings. The van der Waals surface area contributed by atoms with Gasteiger partial charge in [-0.1, -0.05) is 0 Å². The van der Waals surface area contributed by atoms with Crippen LogP contribution in [0.4, 0.5) is 5.69 Å². The Hall–Kier alpha value is -1.11. The Morgan fingerprint density at radius 1 is 1.35 bits per heavy atom. The van der Waals surface area contributed by atoms with E-state index in [1.807, 2.05) is 20.8 Å². The van der Waals surface area contributed by atoms with Crippen LogP contribution in [0.1, 0.15) is 18.1 Å². The van der Waals surface area contributed by atoms with Crippen molar-refractivity contribution >= 4 is 15.7 Å². The highest BCUT2D eigenvalue weighted by Gasteiger charge is 2.13. The van der Waals surface area contributed by atoms with Gasteiger partial charge >= 0.3 is 0 Å². The smallest absolute Gasteiger partial charge is 0.238 e. The zero-order valence-electron chi connectivity index (χ0n) is 10.3. The van der Waals surface area contributed by atoms with Crippen LogP contribution in [0.25, 0.3) is 0 Å². The van der Waals surface area contributed by atoms with E-state index in [2.05, 4.69) is 5.32 Å². The number of benzene rings is 1. The first-order valence-corrected chi connectivity index (χ1v) is 6.91. The molecule has 0 aliphatic carbocycles. The van der Waals surface area contributed by atoms with E-state index in [9.17, 15) is 8.42 Å². The second kappa shape index (κ2) is 5.03. The third kappa shape index (κ3) is 3.42. The zero-order valence-corrected chi connectivity index (χ0v) is 11.1. The van der Waals surface area contributed by atoms with E-state index in [4.69, 9.17) is 10.9 Å². The normalized spacial score (nSPS) is 13.5. The minimum atomic E-state index is -3.68. The molecule has 0 bridgehead atoms. The minimum Gasteiger partial charge on any atom is -0.381 e. The van der Waals surface area contributed by atoms with Crippen LogP contribution in [0.15, 0.2) is 17.0 Å². The summed E-state index contributed by atoms with van der Waals surface area (Å²) in [7, 11) is -3.68. The van der Waals surface area contributed by atoms with Crippen molar-refractivity contribution in [3.05, 3.63) is 23.3 Å². The molecule has 0 fully saturated rings. The van der Waals surface area contributed by atoms with Gasteiger partial charge in [-0.25, -0.2) is 13.6 Å². The van der Waals surface area contributed by atoms with Crippen molar-refractivity contribution in [2.24, 2.45) is 10.9 Å². The second-order valence-corrected chi connectivity index (χ2v) is 5.80. The molecule has 1 atom stereocenters. The maximum atomic E-state index is 11.3. The number of nitrogens with one attached hydrogen (secondary N) is 1. The molecule has 0 aliphatic heterocycles. The van der Waals surface area contributed by atoms with Crippen molar-refractivity contribution in [3.63, 3.8) is 0 Å². The quantitative estimate of drug-likeness (QED) is 0.739. The Bertz CT molecular complexity index is 512. The van der Waals surface area contributed by atoms with E-state index >= 15 is 0 Å². The molecule has 96 valence electrons. The predicted molar refractivity (Wildman–Crippen MR) is 69.4 cm³/mol. The summed E-state index contributed by atoms with van der Waals surface area (Å²) in [5.41, 5.74) is 8.16. The van der Waals surface area contributed by atoms with Crippen LogP contribution in [0.5, 0.6) is 0 Å². The Morgan fingerprint density at radius 2 is 1.94 bits per heavy atom. The summed E-state index contributed by atoms with van der Waals surface area (Å²) < 4.78 is 22.7. The Morgan fingerprint density at radius 3 is 2.41 bits per heavy atom. The molecule has 0 heterocycles. The molecule has 0 amide bonds. The van der Waals surface area contributed by atoms with Gasteiger partial charge in [-0.2, -0.15) is 0 Å². The molecule has 1 aromatic rings. The summed E-state index contributed by atoms with van der Waals surface area (Å²) in [6, 6.07) is 3.19. The Kier molecular flexibility index (Phi) is 4.13. The van der Waals surface area contributed by atoms with Gasteiger partial charge in [0, 0.05) is 18.3 Å². The molecule has 1 rings (SSSR count). The van der Waals surface area contributed by atoms with Crippen LogP contribution >= 0.6 is 0 Å². The lowest BCUT2D eigenvalue weighted by Crippen LogP contribution is -2.26. The molecule has 17 heavy (non-hydrogen) atoms. The Labute approximate surface area is 102 Å². The molecule has 0 spiro atoms. The molecule has 0 saturated heterocycles. The van der Waals surface area contributed by atoms with Gasteiger partial charge in [-0.15, -0.1) is 0 Å². The van der Waals surface area contributed by atoms with Gasteiger partial charge in [0.15, 0.2) is 0 Å². The van der Waals surface area contributed by atoms with Gasteiger partial charge in [0.05, 0.1) is 4.90 Å². The highest BCUT2D eigenvalue weighted by atomic mass is 32.2. The lowest BCUT2D eigenvalue weighted by molar-refractivity contribution is 0.597. The first kappa shape index (κ1) is 14.0. The number of hydrogen-bond acceptors (Lipinski definition) is 4. The summed E-state index contributed by atoms with van der Waals surface area (Å²) in [5.74, 6) is 0. The molecule has 1 unspecified atom stereocenters. The summed E-state index contributed by atoms with van der Waals surface area (Å²) in [4.78, 5) is 0.118. The van der Waals surface area contributed by atoms with E-state index in [1.165, 1.54) is 0 Å². The third-order valence-corrected chi connectivity index (χ3v) is 3.62. The number of rotatable bonds is 4. The topological polar surface area (TPSA) is 98.2 Å². The van der Waals surface area contributed by atoms with E-state index in [0.29, 0.717) is 6.54 Å². The van der Waals surface area contributed by atoms with Crippen molar-refractivity contribution in [1.82, 2.24) is 0 Å². The third-order valence-electron chi connectivity index (χ3n) is 2.72. The van der Waals surface area contributed by atoms with Gasteiger partial charge in [0.2, 0.25) is 10.0 Å². The summed E-state index contributed by atoms with van der Waals surface area (Å²) in [5, 5.41) is 8.30. The average Bonchev–Trinajstić information content (AvgIpc) is 2.22. The molecule has 1 aromatic carbocycles. The van der Waals surface area contributed by atoms with Gasteiger partial charge in [-0.3, -0.25) is 0 Å². The molecular weight excluding hydrogens is 238 g/mol. The standard InChI is InChI=1S/C11H19N3O2S/c1-7-4-10(17(13,15)16)5-11(9(7)3)14-8(2)6-12/h4-5,8,14H,6,12H2,1-3H3,(H2,13,15,16). The number of aryl methyl sites for hydroxylation is 1. The van der Waals surface area contributed by atoms with Crippen molar-refractivity contribution in [1.29, 1.82) is 0 Å². The van der Waals surface area contributed by atoms with Crippen molar-refractivity contribution in [3.8, 4) is 0 Å². The van der Waals surface area contributed by atoms with Crippen molar-refractivity contribution < 1.29 is 8.42 Å². The monoisotopic (exact) mass is 257 g/mol. The molecule has 5 nitrogen and oxygen atoms in total. The van der Waals surface area contributed by atoms with Crippen LogP contribution in [-0.2, 0) is 10.0 Å². The number of sulfonamides is 1. The van der Waals surface area contributed by atoms with Crippen LogP contribution in [0.3, 0.4) is 0 Å². The van der Waals surface area contributed by atoms with Gasteiger partial charge in [0.1, 0.15) is 0 Å². The first-order valence-electron chi connectivity index (χ1n) is 5.36. The number of nitrogens with two attached hydrogens (primary N) is 2. The average molecular weight is 257 g/mol. The molecule has 5 N–H and O–H groups in total. The predicted octanol–water partition coefficient (Wildman–Crippen LogP) is 0.710. The maximum Gasteiger partial charge on any atom is 0.238 e. The molecule has 0 radical (unpaired) electrons. The lowest BCUT2D eigenvalue weighted by Gasteiger charge is -2.17. The minimum absolute atomic E-state index is 0.0730. The van der Waals surface area contributed by atoms with E-state index < -0.39 is 10.0 Å². The van der Waals surface area contributed by atoms with Gasteiger partial charge in [-0.05, 0) is 44.0 Å². The fourth-order valence-corrected chi connectivity index (χ4v) is 2.09. The molecular formula is C11H19N3O2S. The van der Waals surface area contributed by atoms with Crippen LogP contribution in [-0.4, -0.2) is 21.0 Å². The largest absolute Gasteiger partial charge is 0.381 e. The highest BCUT2D eigenvalue weighted by molar-refractivity contribution is 7.89. The van der Waals surface area contributed by atoms with E-state index in [1.54, 1.807) is 12.1 Å². The van der Waals surface area contributed by atoms with Crippen LogP contribution in [0.2, 0.25) is 0 Å². The zero-order chi connectivity index (χ0) is 13.2. The maximum absolute atomic E-state index is 11.3. The van der Waals surface area contributed by atoms with Crippen molar-refractivity contribution in [2.75, 3.05) is 11.9 Å². The van der Waals surface area contributed by atoms with Gasteiger partial charge < -0.3 is 11.1 Å². The van der Waals surface area contributed by atoms with Gasteiger partial charge in [0.25, 0.3) is 0 Å². The number of hydrogen-bond donors (Lipinski definition) is 3. The number of primary sulfonamides is 1. The summed E-state index contributed by atoms with van der Waals surface area (Å²) >= 11 is 0. The lowest BCUT2D eigenvalue weighted by atomic mass is 10.1.